The monoisotopic (exact) mass is 1420 g/mol. The van der Waals surface area contributed by atoms with Gasteiger partial charge in [0.1, 0.15) is 43.0 Å². The summed E-state index contributed by atoms with van der Waals surface area (Å²) < 4.78 is 70.8. The van der Waals surface area contributed by atoms with Gasteiger partial charge in [-0.2, -0.15) is 0 Å². The van der Waals surface area contributed by atoms with Crippen molar-refractivity contribution in [2.45, 2.75) is 231 Å². The first-order valence-corrected chi connectivity index (χ1v) is 37.1. The predicted octanol–water partition coefficient (Wildman–Crippen LogP) is 4.30. The van der Waals surface area contributed by atoms with E-state index in [-0.39, 0.29) is 147 Å². The van der Waals surface area contributed by atoms with Gasteiger partial charge in [0.25, 0.3) is 0 Å². The van der Waals surface area contributed by atoms with Crippen LogP contribution in [0.5, 0.6) is 0 Å². The first-order chi connectivity index (χ1) is 48.3. The average Bonchev–Trinajstić information content (AvgIpc) is 1.55. The lowest BCUT2D eigenvalue weighted by Gasteiger charge is -2.47. The summed E-state index contributed by atoms with van der Waals surface area (Å²) in [7, 11) is 1.61. The standard InChI is InChI=1S/C73H105N7O19S/c1-7-90-26-24-80(25-27-91-8-2)40-64(86)75-37-61(83)74-38-63(85)79-54(30-45-12-10-9-11-13-45)71(87)76-39-62(84)78-47-16-14-46(15-17-47)41-92-72(88)77-36-49(82)33-59-65(89-6)53-32-48(81)31-52-19-21-56-70(100-52)69-68-67(96-56)66-60(97-68)35-73(98-66,99-69)23-22-51-29-43(4)55(93-51)20-18-50-28-42(3)44(5)57(94-50)34-58(53)95-59/h9-17,42,49-60,65-71,76,82,87H,4-5,7-8,18-41H2,1-3,6H3,(H,74,83)(H,75,86)(H,77,88)(H,78,84)(H,79,85)/t42-,49+,50+,51+,52-,53+,54+,55+,56+,57-,58+,59-,60?,65-,66+,67?,68?,69-,70+,71?,73+/m1/s1. The van der Waals surface area contributed by atoms with E-state index in [2.05, 4.69) is 52.0 Å². The zero-order valence-corrected chi connectivity index (χ0v) is 59.0. The molecule has 10 fully saturated rings. The Balaban J connectivity index is 0.637. The van der Waals surface area contributed by atoms with E-state index in [0.29, 0.717) is 76.5 Å². The van der Waals surface area contributed by atoms with Crippen LogP contribution in [0.2, 0.25) is 0 Å². The Morgan fingerprint density at radius 2 is 1.44 bits per heavy atom. The van der Waals surface area contributed by atoms with Crippen LogP contribution in [-0.2, 0) is 89.1 Å². The number of rotatable bonds is 29. The van der Waals surface area contributed by atoms with Gasteiger partial charge in [0.15, 0.2) is 5.79 Å². The van der Waals surface area contributed by atoms with E-state index >= 15 is 0 Å². The maximum atomic E-state index is 14.6. The number of methoxy groups -OCH3 is 1. The molecule has 0 radical (unpaired) electrons. The Bertz CT molecular complexity index is 3090. The van der Waals surface area contributed by atoms with E-state index in [4.69, 9.17) is 52.1 Å². The molecule has 0 aromatic heterocycles. The van der Waals surface area contributed by atoms with Crippen molar-refractivity contribution < 1.29 is 91.1 Å². The summed E-state index contributed by atoms with van der Waals surface area (Å²) in [5.74, 6) is -2.94. The fourth-order valence-electron chi connectivity index (χ4n) is 15.9. The minimum absolute atomic E-state index is 0.00453. The van der Waals surface area contributed by atoms with Gasteiger partial charge < -0.3 is 88.9 Å². The quantitative estimate of drug-likeness (QED) is 0.0320. The van der Waals surface area contributed by atoms with Gasteiger partial charge in [-0.05, 0) is 106 Å². The summed E-state index contributed by atoms with van der Waals surface area (Å²) in [6.07, 6.45) is 1.91. The zero-order chi connectivity index (χ0) is 70.5. The number of hydrogen-bond acceptors (Lipinski definition) is 22. The number of benzene rings is 2. The highest BCUT2D eigenvalue weighted by Gasteiger charge is 2.68. The summed E-state index contributed by atoms with van der Waals surface area (Å²) >= 11 is 1.79. The number of nitrogens with zero attached hydrogens (tertiary/aromatic N) is 1. The maximum absolute atomic E-state index is 14.6. The number of anilines is 1. The first kappa shape index (κ1) is 75.7. The largest absolute Gasteiger partial charge is 0.445 e. The van der Waals surface area contributed by atoms with Crippen molar-refractivity contribution in [3.63, 3.8) is 0 Å². The molecule has 27 heteroatoms. The van der Waals surface area contributed by atoms with Crippen molar-refractivity contribution in [2.24, 2.45) is 11.8 Å². The van der Waals surface area contributed by atoms with Crippen LogP contribution >= 0.6 is 11.8 Å². The highest BCUT2D eigenvalue weighted by Crippen LogP contribution is 2.56. The Morgan fingerprint density at radius 1 is 0.720 bits per heavy atom. The van der Waals surface area contributed by atoms with Crippen molar-refractivity contribution in [3.8, 4) is 0 Å². The molecule has 2 aromatic carbocycles. The second-order valence-electron chi connectivity index (χ2n) is 28.3. The molecule has 552 valence electrons. The molecule has 10 heterocycles. The number of amides is 5. The number of hydrogen-bond donors (Lipinski definition) is 8. The number of nitrogens with one attached hydrogen (secondary N) is 6. The molecule has 5 amide bonds. The molecule has 2 aromatic rings. The smallest absolute Gasteiger partial charge is 0.407 e. The van der Waals surface area contributed by atoms with E-state index in [1.807, 2.05) is 49.1 Å². The molecule has 10 saturated heterocycles. The number of fused-ring (bicyclic) bond motifs is 6. The molecule has 21 atom stereocenters. The number of Topliss-reactive ketones (excluding diaryl/α,β-unsaturated/α-hetero) is 1. The first-order valence-electron chi connectivity index (χ1n) is 36.1. The maximum Gasteiger partial charge on any atom is 0.407 e. The van der Waals surface area contributed by atoms with Crippen molar-refractivity contribution in [1.82, 2.24) is 31.5 Å². The van der Waals surface area contributed by atoms with Gasteiger partial charge >= 0.3 is 6.09 Å². The molecule has 1 spiro atoms. The van der Waals surface area contributed by atoms with Gasteiger partial charge in [0.2, 0.25) is 23.6 Å². The Kier molecular flexibility index (Phi) is 27.1. The topological polar surface area (TPSA) is 320 Å². The lowest BCUT2D eigenvalue weighted by molar-refractivity contribution is -0.251. The van der Waals surface area contributed by atoms with E-state index in [0.717, 1.165) is 61.7 Å². The van der Waals surface area contributed by atoms with E-state index < -0.39 is 72.8 Å². The minimum atomic E-state index is -1.40. The number of thioether (sulfide) groups is 1. The molecular weight excluding hydrogens is 1310 g/mol. The Hall–Kier alpha value is -5.47. The van der Waals surface area contributed by atoms with Gasteiger partial charge in [-0.15, -0.1) is 11.8 Å². The van der Waals surface area contributed by atoms with Crippen LogP contribution in [0.25, 0.3) is 0 Å². The summed E-state index contributed by atoms with van der Waals surface area (Å²) in [5.41, 5.74) is 3.91. The van der Waals surface area contributed by atoms with Crippen LogP contribution in [0.4, 0.5) is 10.5 Å². The lowest BCUT2D eigenvalue weighted by atomic mass is 9.81. The van der Waals surface area contributed by atoms with Crippen molar-refractivity contribution in [3.05, 3.63) is 90.0 Å². The second-order valence-corrected chi connectivity index (χ2v) is 29.8. The summed E-state index contributed by atoms with van der Waals surface area (Å²) in [6, 6.07) is 14.8. The fourth-order valence-corrected chi connectivity index (χ4v) is 17.6. The number of carbonyl (C=O) groups excluding carboxylic acids is 6. The molecular formula is C73H105N7O19S. The van der Waals surface area contributed by atoms with Crippen LogP contribution in [-0.4, -0.2) is 244 Å². The SMILES string of the molecule is C=C1C[C@@H]2CC[C@@]34CC5OC6C(O[C@H]7CC[C@H](CC(=O)C[C@@H]8[C@@H](OC)[C@@H](C[C@H](O)CNC(=O)OCc9ccc(NC(=O)CNC(O)[C@H](Cc%10ccccc%10)NC(=O)CNC(=O)CNC(=O)CN(CCOCC)CCOCC)cc9)O[C@H]8C[C@H]8O[C@@H](CC[C@@H]1O2)C[C@@H](C)C8=C)S[C@@H]7[C@@H]6O3)[C@H]5O4. The van der Waals surface area contributed by atoms with Gasteiger partial charge in [0.05, 0.1) is 112 Å². The van der Waals surface area contributed by atoms with Crippen molar-refractivity contribution >= 4 is 53.0 Å². The van der Waals surface area contributed by atoms with Crippen LogP contribution in [0, 0.1) is 11.8 Å². The molecule has 10 aliphatic heterocycles. The van der Waals surface area contributed by atoms with Crippen LogP contribution in [0.1, 0.15) is 115 Å². The molecule has 8 N–H and O–H groups in total. The van der Waals surface area contributed by atoms with Crippen LogP contribution in [0.3, 0.4) is 0 Å². The Labute approximate surface area is 590 Å². The highest BCUT2D eigenvalue weighted by molar-refractivity contribution is 8.00. The fraction of sp³-hybridized carbons (Fsp3) is 0.699. The van der Waals surface area contributed by atoms with Gasteiger partial charge in [-0.3, -0.25) is 34.2 Å². The second kappa shape index (κ2) is 35.8. The summed E-state index contributed by atoms with van der Waals surface area (Å²) in [4.78, 5) is 81.3. The molecule has 26 nitrogen and oxygen atoms in total. The molecule has 0 aliphatic carbocycles. The summed E-state index contributed by atoms with van der Waals surface area (Å²) in [5, 5.41) is 38.9. The van der Waals surface area contributed by atoms with E-state index in [9.17, 15) is 39.0 Å². The molecule has 12 bridgehead atoms. The third-order valence-electron chi connectivity index (χ3n) is 21.1. The van der Waals surface area contributed by atoms with Crippen molar-refractivity contribution in [1.29, 1.82) is 0 Å². The third-order valence-corrected chi connectivity index (χ3v) is 22.7. The molecule has 4 unspecified atom stereocenters. The number of aliphatic hydroxyl groups excluding tert-OH is 2. The normalized spacial score (nSPS) is 33.2. The average molecular weight is 1420 g/mol. The Morgan fingerprint density at radius 3 is 2.20 bits per heavy atom. The lowest BCUT2D eigenvalue weighted by Crippen LogP contribution is -2.59. The van der Waals surface area contributed by atoms with E-state index in [1.165, 1.54) is 0 Å². The molecule has 100 heavy (non-hydrogen) atoms. The zero-order valence-electron chi connectivity index (χ0n) is 58.2. The number of ketones is 1. The van der Waals surface area contributed by atoms with Gasteiger partial charge in [-0.25, -0.2) is 4.79 Å². The van der Waals surface area contributed by atoms with Crippen molar-refractivity contribution in [2.75, 3.05) is 84.7 Å². The third kappa shape index (κ3) is 20.1. The van der Waals surface area contributed by atoms with Gasteiger partial charge in [0, 0.05) is 95.3 Å². The number of alkyl carbamates (subject to hydrolysis) is 1. The molecule has 0 saturated carbocycles. The van der Waals surface area contributed by atoms with Crippen LogP contribution < -0.4 is 31.9 Å². The number of ether oxygens (including phenoxy) is 11. The summed E-state index contributed by atoms with van der Waals surface area (Å²) in [6.45, 7) is 16.6. The molecule has 12 rings (SSSR count). The highest BCUT2D eigenvalue weighted by atomic mass is 32.2. The van der Waals surface area contributed by atoms with E-state index in [1.54, 1.807) is 43.1 Å². The predicted molar refractivity (Wildman–Crippen MR) is 369 cm³/mol. The number of carbonyl (C=O) groups is 6. The number of aliphatic hydroxyl groups is 2. The minimum Gasteiger partial charge on any atom is -0.445 e. The van der Waals surface area contributed by atoms with Crippen LogP contribution in [0.15, 0.2) is 78.9 Å². The van der Waals surface area contributed by atoms with Gasteiger partial charge in [-0.1, -0.05) is 62.5 Å². The molecule has 10 aliphatic rings.